The summed E-state index contributed by atoms with van der Waals surface area (Å²) in [5.74, 6) is -0.230. The van der Waals surface area contributed by atoms with Crippen molar-refractivity contribution < 1.29 is 14.4 Å². The summed E-state index contributed by atoms with van der Waals surface area (Å²) >= 11 is 0. The molecule has 6 nitrogen and oxygen atoms in total. The fraction of sp³-hybridized carbons (Fsp3) is 0.476. The maximum Gasteiger partial charge on any atom is 0.247 e. The number of anilines is 1. The standard InChI is InChI=1S/C21H29N3O3/c1-5-23(15-18(25)22-21(2,3)4)19(26)13-10-16-8-11-17(12-9-16)24-14-6-7-20(24)27/h8-13H,5-7,14-15H2,1-4H3,(H,22,25)/b13-10+. The zero-order valence-electron chi connectivity index (χ0n) is 16.6. The van der Waals surface area contributed by atoms with Gasteiger partial charge < -0.3 is 15.1 Å². The molecule has 1 saturated heterocycles. The topological polar surface area (TPSA) is 69.7 Å². The van der Waals surface area contributed by atoms with Crippen LogP contribution in [0.4, 0.5) is 5.69 Å². The van der Waals surface area contributed by atoms with E-state index in [1.165, 1.54) is 11.0 Å². The number of carbonyl (C=O) groups excluding carboxylic acids is 3. The second-order valence-electron chi connectivity index (χ2n) is 7.72. The Labute approximate surface area is 161 Å². The third-order valence-corrected chi connectivity index (χ3v) is 4.24. The van der Waals surface area contributed by atoms with E-state index in [0.717, 1.165) is 24.2 Å². The van der Waals surface area contributed by atoms with Crippen molar-refractivity contribution in [2.75, 3.05) is 24.5 Å². The Morgan fingerprint density at radius 3 is 2.41 bits per heavy atom. The monoisotopic (exact) mass is 371 g/mol. The van der Waals surface area contributed by atoms with Gasteiger partial charge in [0.1, 0.15) is 0 Å². The first-order valence-electron chi connectivity index (χ1n) is 9.38. The van der Waals surface area contributed by atoms with Crippen LogP contribution in [0.1, 0.15) is 46.1 Å². The lowest BCUT2D eigenvalue weighted by molar-refractivity contribution is -0.132. The predicted octanol–water partition coefficient (Wildman–Crippen LogP) is 2.59. The van der Waals surface area contributed by atoms with Crippen molar-refractivity contribution in [1.29, 1.82) is 0 Å². The minimum atomic E-state index is -0.326. The van der Waals surface area contributed by atoms with Crippen molar-refractivity contribution in [2.24, 2.45) is 0 Å². The number of likely N-dealkylation sites (N-methyl/N-ethyl adjacent to an activating group) is 1. The lowest BCUT2D eigenvalue weighted by atomic mass is 10.1. The van der Waals surface area contributed by atoms with Crippen LogP contribution in [0.15, 0.2) is 30.3 Å². The van der Waals surface area contributed by atoms with Gasteiger partial charge in [0.05, 0.1) is 6.54 Å². The zero-order chi connectivity index (χ0) is 20.0. The Kier molecular flexibility index (Phi) is 6.77. The SMILES string of the molecule is CCN(CC(=O)NC(C)(C)C)C(=O)/C=C/c1ccc(N2CCCC2=O)cc1. The van der Waals surface area contributed by atoms with Crippen molar-refractivity contribution in [1.82, 2.24) is 10.2 Å². The average Bonchev–Trinajstić information content (AvgIpc) is 3.02. The number of amides is 3. The number of nitrogens with one attached hydrogen (secondary N) is 1. The number of hydrogen-bond acceptors (Lipinski definition) is 3. The molecule has 0 aromatic heterocycles. The Morgan fingerprint density at radius 2 is 1.89 bits per heavy atom. The second kappa shape index (κ2) is 8.84. The van der Waals surface area contributed by atoms with Crippen molar-refractivity contribution in [3.8, 4) is 0 Å². The summed E-state index contributed by atoms with van der Waals surface area (Å²) in [7, 11) is 0. The number of rotatable bonds is 6. The number of hydrogen-bond donors (Lipinski definition) is 1. The first-order chi connectivity index (χ1) is 12.7. The van der Waals surface area contributed by atoms with Crippen molar-refractivity contribution >= 4 is 29.5 Å². The molecule has 1 fully saturated rings. The molecule has 1 N–H and O–H groups in total. The molecule has 1 aliphatic heterocycles. The molecule has 1 aliphatic rings. The van der Waals surface area contributed by atoms with Crippen LogP contribution in [-0.4, -0.2) is 47.8 Å². The lowest BCUT2D eigenvalue weighted by Gasteiger charge is -2.24. The summed E-state index contributed by atoms with van der Waals surface area (Å²) in [6.07, 6.45) is 4.70. The second-order valence-corrected chi connectivity index (χ2v) is 7.72. The highest BCUT2D eigenvalue weighted by Gasteiger charge is 2.21. The summed E-state index contributed by atoms with van der Waals surface area (Å²) in [5, 5.41) is 2.86. The van der Waals surface area contributed by atoms with Crippen molar-refractivity contribution in [2.45, 2.75) is 46.1 Å². The Hall–Kier alpha value is -2.63. The third-order valence-electron chi connectivity index (χ3n) is 4.24. The molecule has 1 aromatic carbocycles. The summed E-state index contributed by atoms with van der Waals surface area (Å²) in [4.78, 5) is 39.5. The van der Waals surface area contributed by atoms with Crippen LogP contribution in [0.25, 0.3) is 6.08 Å². The molecular formula is C21H29N3O3. The zero-order valence-corrected chi connectivity index (χ0v) is 16.6. The van der Waals surface area contributed by atoms with Gasteiger partial charge >= 0.3 is 0 Å². The van der Waals surface area contributed by atoms with Crippen molar-refractivity contribution in [3.05, 3.63) is 35.9 Å². The van der Waals surface area contributed by atoms with E-state index in [2.05, 4.69) is 5.32 Å². The maximum atomic E-state index is 12.4. The highest BCUT2D eigenvalue weighted by molar-refractivity contribution is 5.96. The fourth-order valence-corrected chi connectivity index (χ4v) is 2.94. The third kappa shape index (κ3) is 6.24. The van der Waals surface area contributed by atoms with E-state index < -0.39 is 0 Å². The molecule has 2 rings (SSSR count). The molecule has 0 spiro atoms. The van der Waals surface area contributed by atoms with Gasteiger partial charge in [0.2, 0.25) is 17.7 Å². The summed E-state index contributed by atoms with van der Waals surface area (Å²) < 4.78 is 0. The highest BCUT2D eigenvalue weighted by Crippen LogP contribution is 2.21. The van der Waals surface area contributed by atoms with Crippen LogP contribution < -0.4 is 10.2 Å². The Balaban J connectivity index is 1.95. The molecular weight excluding hydrogens is 342 g/mol. The smallest absolute Gasteiger partial charge is 0.247 e. The molecule has 146 valence electrons. The molecule has 0 bridgehead atoms. The van der Waals surface area contributed by atoms with Gasteiger partial charge in [-0.15, -0.1) is 0 Å². The van der Waals surface area contributed by atoms with E-state index in [-0.39, 0.29) is 29.8 Å². The molecule has 0 atom stereocenters. The van der Waals surface area contributed by atoms with Crippen LogP contribution in [0.2, 0.25) is 0 Å². The van der Waals surface area contributed by atoms with Crippen LogP contribution in [0.5, 0.6) is 0 Å². The van der Waals surface area contributed by atoms with E-state index in [1.807, 2.05) is 52.0 Å². The summed E-state index contributed by atoms with van der Waals surface area (Å²) in [5.41, 5.74) is 1.43. The fourth-order valence-electron chi connectivity index (χ4n) is 2.94. The number of carbonyl (C=O) groups is 3. The first kappa shape index (κ1) is 20.7. The molecule has 0 radical (unpaired) electrons. The number of benzene rings is 1. The van der Waals surface area contributed by atoms with Gasteiger partial charge in [-0.25, -0.2) is 0 Å². The molecule has 1 aromatic rings. The normalized spacial score (nSPS) is 14.7. The van der Waals surface area contributed by atoms with Gasteiger partial charge in [0.15, 0.2) is 0 Å². The van der Waals surface area contributed by atoms with Crippen LogP contribution in [0.3, 0.4) is 0 Å². The van der Waals surface area contributed by atoms with E-state index in [0.29, 0.717) is 13.0 Å². The van der Waals surface area contributed by atoms with Gasteiger partial charge in [-0.1, -0.05) is 12.1 Å². The minimum absolute atomic E-state index is 0.0347. The quantitative estimate of drug-likeness (QED) is 0.782. The minimum Gasteiger partial charge on any atom is -0.350 e. The molecule has 0 aliphatic carbocycles. The van der Waals surface area contributed by atoms with E-state index in [9.17, 15) is 14.4 Å². The Bertz CT molecular complexity index is 717. The van der Waals surface area contributed by atoms with Crippen LogP contribution in [-0.2, 0) is 14.4 Å². The lowest BCUT2D eigenvalue weighted by Crippen LogP contribution is -2.47. The average molecular weight is 371 g/mol. The van der Waals surface area contributed by atoms with Gasteiger partial charge in [0, 0.05) is 36.8 Å². The van der Waals surface area contributed by atoms with E-state index >= 15 is 0 Å². The van der Waals surface area contributed by atoms with Gasteiger partial charge in [-0.05, 0) is 57.9 Å². The van der Waals surface area contributed by atoms with Gasteiger partial charge in [-0.3, -0.25) is 14.4 Å². The summed E-state index contributed by atoms with van der Waals surface area (Å²) in [6.45, 7) is 8.81. The Morgan fingerprint density at radius 1 is 1.22 bits per heavy atom. The van der Waals surface area contributed by atoms with E-state index in [1.54, 1.807) is 11.0 Å². The molecule has 0 saturated carbocycles. The van der Waals surface area contributed by atoms with Crippen LogP contribution >= 0.6 is 0 Å². The molecule has 27 heavy (non-hydrogen) atoms. The van der Waals surface area contributed by atoms with Crippen molar-refractivity contribution in [3.63, 3.8) is 0 Å². The molecule has 0 unspecified atom stereocenters. The predicted molar refractivity (Wildman–Crippen MR) is 107 cm³/mol. The molecule has 1 heterocycles. The highest BCUT2D eigenvalue weighted by atomic mass is 16.2. The van der Waals surface area contributed by atoms with Gasteiger partial charge in [0.25, 0.3) is 0 Å². The maximum absolute atomic E-state index is 12.4. The van der Waals surface area contributed by atoms with Crippen LogP contribution in [0, 0.1) is 0 Å². The molecule has 3 amide bonds. The van der Waals surface area contributed by atoms with Gasteiger partial charge in [-0.2, -0.15) is 0 Å². The van der Waals surface area contributed by atoms with E-state index in [4.69, 9.17) is 0 Å². The largest absolute Gasteiger partial charge is 0.350 e. The first-order valence-corrected chi connectivity index (χ1v) is 9.38. The molecule has 6 heteroatoms. The number of nitrogens with zero attached hydrogens (tertiary/aromatic N) is 2. The summed E-state index contributed by atoms with van der Waals surface area (Å²) in [6, 6.07) is 7.55.